The van der Waals surface area contributed by atoms with E-state index < -0.39 is 0 Å². The van der Waals surface area contributed by atoms with Gasteiger partial charge in [-0.05, 0) is 33.2 Å². The van der Waals surface area contributed by atoms with Crippen LogP contribution in [-0.2, 0) is 0 Å². The van der Waals surface area contributed by atoms with Crippen LogP contribution in [0.5, 0.6) is 0 Å². The Bertz CT molecular complexity index is 307. The maximum Gasteiger partial charge on any atom is 0.0900 e. The predicted octanol–water partition coefficient (Wildman–Crippen LogP) is 3.46. The molecular weight excluding hydrogens is 204 g/mol. The molecule has 0 saturated carbocycles. The summed E-state index contributed by atoms with van der Waals surface area (Å²) in [5, 5.41) is 4.58. The molecule has 2 atom stereocenters. The lowest BCUT2D eigenvalue weighted by atomic mass is 9.98. The Balaban J connectivity index is 2.78. The second-order valence-corrected chi connectivity index (χ2v) is 5.51. The van der Waals surface area contributed by atoms with Crippen molar-refractivity contribution in [2.24, 2.45) is 5.92 Å². The Labute approximate surface area is 97.1 Å². The molecule has 0 saturated heterocycles. The predicted molar refractivity (Wildman–Crippen MR) is 67.5 cm³/mol. The van der Waals surface area contributed by atoms with Gasteiger partial charge in [-0.15, -0.1) is 11.3 Å². The van der Waals surface area contributed by atoms with Crippen LogP contribution >= 0.6 is 11.3 Å². The number of hydrogen-bond donors (Lipinski definition) is 1. The molecule has 1 aromatic heterocycles. The van der Waals surface area contributed by atoms with Crippen molar-refractivity contribution in [3.63, 3.8) is 0 Å². The molecule has 1 heterocycles. The summed E-state index contributed by atoms with van der Waals surface area (Å²) in [7, 11) is 2.04. The number of aromatic nitrogens is 1. The maximum absolute atomic E-state index is 4.49. The van der Waals surface area contributed by atoms with Gasteiger partial charge >= 0.3 is 0 Å². The summed E-state index contributed by atoms with van der Waals surface area (Å²) < 4.78 is 0. The molecule has 0 bridgehead atoms. The first-order valence-corrected chi connectivity index (χ1v) is 6.51. The topological polar surface area (TPSA) is 24.9 Å². The van der Waals surface area contributed by atoms with E-state index in [0.29, 0.717) is 6.04 Å². The van der Waals surface area contributed by atoms with E-state index in [1.165, 1.54) is 28.4 Å². The van der Waals surface area contributed by atoms with Crippen LogP contribution in [0, 0.1) is 19.8 Å². The molecule has 0 aliphatic carbocycles. The van der Waals surface area contributed by atoms with Gasteiger partial charge in [0.05, 0.1) is 10.7 Å². The van der Waals surface area contributed by atoms with Crippen molar-refractivity contribution in [2.45, 2.75) is 46.6 Å². The van der Waals surface area contributed by atoms with E-state index in [2.05, 4.69) is 38.0 Å². The monoisotopic (exact) mass is 226 g/mol. The lowest BCUT2D eigenvalue weighted by molar-refractivity contribution is 0.424. The van der Waals surface area contributed by atoms with E-state index in [4.69, 9.17) is 0 Å². The zero-order valence-electron chi connectivity index (χ0n) is 10.4. The van der Waals surface area contributed by atoms with Crippen LogP contribution in [-0.4, -0.2) is 12.0 Å². The summed E-state index contributed by atoms with van der Waals surface area (Å²) in [5.41, 5.74) is 1.19. The molecule has 0 aliphatic heterocycles. The number of hydrogen-bond acceptors (Lipinski definition) is 3. The van der Waals surface area contributed by atoms with Crippen LogP contribution in [0.25, 0.3) is 0 Å². The molecule has 1 rings (SSSR count). The molecular formula is C12H22N2S. The van der Waals surface area contributed by atoms with Crippen molar-refractivity contribution in [2.75, 3.05) is 7.05 Å². The fourth-order valence-electron chi connectivity index (χ4n) is 1.80. The van der Waals surface area contributed by atoms with Crippen molar-refractivity contribution < 1.29 is 0 Å². The van der Waals surface area contributed by atoms with Gasteiger partial charge in [-0.25, -0.2) is 4.98 Å². The van der Waals surface area contributed by atoms with E-state index in [9.17, 15) is 0 Å². The molecule has 0 aromatic carbocycles. The molecule has 0 aliphatic rings. The van der Waals surface area contributed by atoms with Gasteiger partial charge in [0, 0.05) is 10.9 Å². The minimum absolute atomic E-state index is 0.478. The Morgan fingerprint density at radius 3 is 2.47 bits per heavy atom. The third kappa shape index (κ3) is 3.28. The van der Waals surface area contributed by atoms with Crippen LogP contribution < -0.4 is 5.32 Å². The fraction of sp³-hybridized carbons (Fsp3) is 0.750. The fourth-order valence-corrected chi connectivity index (χ4v) is 2.85. The van der Waals surface area contributed by atoms with Gasteiger partial charge in [0.25, 0.3) is 0 Å². The lowest BCUT2D eigenvalue weighted by Gasteiger charge is -2.18. The summed E-state index contributed by atoms with van der Waals surface area (Å²) in [6.45, 7) is 8.76. The normalized spacial score (nSPS) is 15.3. The first kappa shape index (κ1) is 12.7. The zero-order chi connectivity index (χ0) is 11.4. The van der Waals surface area contributed by atoms with Crippen molar-refractivity contribution >= 4 is 11.3 Å². The largest absolute Gasteiger partial charge is 0.312 e. The Hall–Kier alpha value is -0.410. The molecule has 0 radical (unpaired) electrons. The summed E-state index contributed by atoms with van der Waals surface area (Å²) in [6, 6.07) is 0.478. The first-order valence-electron chi connectivity index (χ1n) is 5.69. The first-order chi connectivity index (χ1) is 7.08. The summed E-state index contributed by atoms with van der Waals surface area (Å²) in [4.78, 5) is 5.90. The third-order valence-corrected chi connectivity index (χ3v) is 4.13. The second-order valence-electron chi connectivity index (χ2n) is 4.27. The highest BCUT2D eigenvalue weighted by atomic mass is 32.1. The average Bonchev–Trinajstić information content (AvgIpc) is 2.54. The lowest BCUT2D eigenvalue weighted by Crippen LogP contribution is -2.18. The van der Waals surface area contributed by atoms with E-state index in [1.807, 2.05) is 18.4 Å². The Morgan fingerprint density at radius 2 is 2.07 bits per heavy atom. The molecule has 0 fully saturated rings. The highest BCUT2D eigenvalue weighted by Gasteiger charge is 2.17. The van der Waals surface area contributed by atoms with Crippen molar-refractivity contribution in [1.29, 1.82) is 0 Å². The number of rotatable bonds is 5. The second kappa shape index (κ2) is 5.61. The van der Waals surface area contributed by atoms with Crippen LogP contribution in [0.2, 0.25) is 0 Å². The number of nitrogens with zero attached hydrogens (tertiary/aromatic N) is 1. The molecule has 3 heteroatoms. The summed E-state index contributed by atoms with van der Waals surface area (Å²) in [6.07, 6.45) is 2.45. The van der Waals surface area contributed by atoms with Crippen LogP contribution in [0.15, 0.2) is 0 Å². The SMILES string of the molecule is CCC(C)CC(NC)c1sc(C)nc1C. The average molecular weight is 226 g/mol. The van der Waals surface area contributed by atoms with Crippen molar-refractivity contribution in [3.05, 3.63) is 15.6 Å². The molecule has 1 aromatic rings. The van der Waals surface area contributed by atoms with E-state index in [-0.39, 0.29) is 0 Å². The molecule has 2 unspecified atom stereocenters. The minimum Gasteiger partial charge on any atom is -0.312 e. The van der Waals surface area contributed by atoms with Gasteiger partial charge < -0.3 is 5.32 Å². The van der Waals surface area contributed by atoms with Crippen LogP contribution in [0.1, 0.15) is 48.3 Å². The number of nitrogens with one attached hydrogen (secondary N) is 1. The van der Waals surface area contributed by atoms with E-state index in [0.717, 1.165) is 5.92 Å². The molecule has 86 valence electrons. The van der Waals surface area contributed by atoms with Gasteiger partial charge in [0.15, 0.2) is 0 Å². The highest BCUT2D eigenvalue weighted by Crippen LogP contribution is 2.29. The van der Waals surface area contributed by atoms with E-state index >= 15 is 0 Å². The van der Waals surface area contributed by atoms with Gasteiger partial charge in [-0.3, -0.25) is 0 Å². The van der Waals surface area contributed by atoms with Gasteiger partial charge in [-0.2, -0.15) is 0 Å². The number of thiazole rings is 1. The molecule has 0 amide bonds. The minimum atomic E-state index is 0.478. The molecule has 15 heavy (non-hydrogen) atoms. The van der Waals surface area contributed by atoms with Crippen molar-refractivity contribution in [1.82, 2.24) is 10.3 Å². The summed E-state index contributed by atoms with van der Waals surface area (Å²) >= 11 is 1.83. The van der Waals surface area contributed by atoms with Crippen LogP contribution in [0.4, 0.5) is 0 Å². The standard InChI is InChI=1S/C12H22N2S/c1-6-8(2)7-11(13-5)12-9(3)14-10(4)15-12/h8,11,13H,6-7H2,1-5H3. The third-order valence-electron chi connectivity index (χ3n) is 2.94. The van der Waals surface area contributed by atoms with Crippen molar-refractivity contribution in [3.8, 4) is 0 Å². The highest BCUT2D eigenvalue weighted by molar-refractivity contribution is 7.11. The molecule has 0 spiro atoms. The quantitative estimate of drug-likeness (QED) is 0.831. The zero-order valence-corrected chi connectivity index (χ0v) is 11.2. The molecule has 1 N–H and O–H groups in total. The van der Waals surface area contributed by atoms with E-state index in [1.54, 1.807) is 0 Å². The number of aryl methyl sites for hydroxylation is 2. The van der Waals surface area contributed by atoms with Crippen LogP contribution in [0.3, 0.4) is 0 Å². The Kier molecular flexibility index (Phi) is 4.74. The smallest absolute Gasteiger partial charge is 0.0900 e. The Morgan fingerprint density at radius 1 is 1.40 bits per heavy atom. The summed E-state index contributed by atoms with van der Waals surface area (Å²) in [5.74, 6) is 0.768. The van der Waals surface area contributed by atoms with Gasteiger partial charge in [0.1, 0.15) is 0 Å². The molecule has 2 nitrogen and oxygen atoms in total. The van der Waals surface area contributed by atoms with Gasteiger partial charge in [-0.1, -0.05) is 20.3 Å². The van der Waals surface area contributed by atoms with Gasteiger partial charge in [0.2, 0.25) is 0 Å². The maximum atomic E-state index is 4.49.